The van der Waals surface area contributed by atoms with Crippen LogP contribution in [0.1, 0.15) is 30.9 Å². The average molecular weight is 405 g/mol. The monoisotopic (exact) mass is 405 g/mol. The molecule has 2 N–H and O–H groups in total. The zero-order valence-electron chi connectivity index (χ0n) is 15.8. The average Bonchev–Trinajstić information content (AvgIpc) is 3.15. The van der Waals surface area contributed by atoms with E-state index in [0.29, 0.717) is 23.5 Å². The second kappa shape index (κ2) is 8.68. The number of carbonyl (C=O) groups is 2. The first-order valence-electron chi connectivity index (χ1n) is 9.18. The van der Waals surface area contributed by atoms with Gasteiger partial charge in [0.15, 0.2) is 6.10 Å². The van der Waals surface area contributed by atoms with Crippen molar-refractivity contribution in [1.82, 2.24) is 5.32 Å². The highest BCUT2D eigenvalue weighted by atomic mass is 32.2. The van der Waals surface area contributed by atoms with Gasteiger partial charge >= 0.3 is 11.6 Å². The molecule has 7 nitrogen and oxygen atoms in total. The molecule has 1 aliphatic rings. The smallest absolute Gasteiger partial charge is 0.339 e. The number of ether oxygens (including phenoxy) is 1. The van der Waals surface area contributed by atoms with Gasteiger partial charge in [-0.1, -0.05) is 0 Å². The fourth-order valence-electron chi connectivity index (χ4n) is 3.38. The summed E-state index contributed by atoms with van der Waals surface area (Å²) in [4.78, 5) is 35.7. The molecule has 1 aromatic heterocycles. The van der Waals surface area contributed by atoms with Crippen LogP contribution in [0, 0.1) is 0 Å². The van der Waals surface area contributed by atoms with Gasteiger partial charge in [-0.15, -0.1) is 0 Å². The molecule has 2 aromatic rings. The lowest BCUT2D eigenvalue weighted by atomic mass is 10.1. The first kappa shape index (κ1) is 20.3. The minimum Gasteiger partial charge on any atom is -0.481 e. The van der Waals surface area contributed by atoms with Crippen molar-refractivity contribution in [3.63, 3.8) is 0 Å². The Morgan fingerprint density at radius 3 is 2.79 bits per heavy atom. The first-order valence-corrected chi connectivity index (χ1v) is 10.6. The number of hydrogen-bond donors (Lipinski definition) is 2. The molecule has 1 aromatic carbocycles. The number of thioether (sulfide) groups is 1. The Morgan fingerprint density at radius 1 is 1.32 bits per heavy atom. The van der Waals surface area contributed by atoms with E-state index in [-0.39, 0.29) is 5.63 Å². The Kier molecular flexibility index (Phi) is 6.28. The number of carbonyl (C=O) groups excluding carboxylic acids is 1. The van der Waals surface area contributed by atoms with Crippen molar-refractivity contribution in [2.24, 2.45) is 0 Å². The Morgan fingerprint density at radius 2 is 2.07 bits per heavy atom. The summed E-state index contributed by atoms with van der Waals surface area (Å²) >= 11 is 1.51. The third-order valence-electron chi connectivity index (χ3n) is 4.85. The second-order valence-corrected chi connectivity index (χ2v) is 7.78. The third-order valence-corrected chi connectivity index (χ3v) is 5.50. The number of carboxylic acids is 1. The van der Waals surface area contributed by atoms with Crippen molar-refractivity contribution in [2.45, 2.75) is 44.8 Å². The van der Waals surface area contributed by atoms with Crippen LogP contribution in [-0.2, 0) is 22.4 Å². The maximum Gasteiger partial charge on any atom is 0.339 e. The van der Waals surface area contributed by atoms with Crippen molar-refractivity contribution in [3.05, 3.63) is 39.7 Å². The molecule has 1 amide bonds. The van der Waals surface area contributed by atoms with Crippen LogP contribution >= 0.6 is 11.8 Å². The lowest BCUT2D eigenvalue weighted by Gasteiger charge is -2.19. The van der Waals surface area contributed by atoms with Gasteiger partial charge in [-0.2, -0.15) is 11.8 Å². The minimum atomic E-state index is -1.07. The van der Waals surface area contributed by atoms with E-state index in [1.54, 1.807) is 19.1 Å². The molecule has 0 saturated carbocycles. The molecule has 1 heterocycles. The van der Waals surface area contributed by atoms with Crippen molar-refractivity contribution in [2.75, 3.05) is 12.0 Å². The van der Waals surface area contributed by atoms with Crippen LogP contribution < -0.4 is 15.7 Å². The lowest BCUT2D eigenvalue weighted by Crippen LogP contribution is -2.46. The molecule has 3 rings (SSSR count). The van der Waals surface area contributed by atoms with E-state index in [2.05, 4.69) is 5.32 Å². The fourth-order valence-corrected chi connectivity index (χ4v) is 3.85. The predicted molar refractivity (Wildman–Crippen MR) is 107 cm³/mol. The summed E-state index contributed by atoms with van der Waals surface area (Å²) < 4.78 is 11.1. The van der Waals surface area contributed by atoms with Gasteiger partial charge in [-0.3, -0.25) is 4.79 Å². The van der Waals surface area contributed by atoms with Crippen molar-refractivity contribution < 1.29 is 23.8 Å². The van der Waals surface area contributed by atoms with Crippen LogP contribution in [-0.4, -0.2) is 41.1 Å². The standard InChI is InChI=1S/C20H23NO6S/c1-11(18(22)21-16(19(23)24)8-9-28-2)26-12-6-7-14-13-4-3-5-15(13)20(25)27-17(14)10-12/h6-7,10-11,16H,3-5,8-9H2,1-2H3,(H,21,22)(H,23,24)/t11-,16+/m0/s1. The molecule has 8 heteroatoms. The number of hydrogen-bond acceptors (Lipinski definition) is 6. The minimum absolute atomic E-state index is 0.318. The highest BCUT2D eigenvalue weighted by Gasteiger charge is 2.24. The highest BCUT2D eigenvalue weighted by molar-refractivity contribution is 7.98. The number of aryl methyl sites for hydroxylation is 1. The molecule has 1 aliphatic carbocycles. The van der Waals surface area contributed by atoms with Crippen LogP contribution in [0.2, 0.25) is 0 Å². The van der Waals surface area contributed by atoms with Gasteiger partial charge in [0.1, 0.15) is 17.4 Å². The maximum absolute atomic E-state index is 12.3. The van der Waals surface area contributed by atoms with E-state index in [1.807, 2.05) is 12.3 Å². The fraction of sp³-hybridized carbons (Fsp3) is 0.450. The van der Waals surface area contributed by atoms with E-state index in [1.165, 1.54) is 11.8 Å². The molecule has 0 spiro atoms. The first-order chi connectivity index (χ1) is 13.4. The normalized spacial score (nSPS) is 15.1. The second-order valence-electron chi connectivity index (χ2n) is 6.80. The Hall–Kier alpha value is -2.48. The Balaban J connectivity index is 1.73. The summed E-state index contributed by atoms with van der Waals surface area (Å²) in [5.41, 5.74) is 1.89. The summed E-state index contributed by atoms with van der Waals surface area (Å²) in [6, 6.07) is 4.21. The maximum atomic E-state index is 12.3. The summed E-state index contributed by atoms with van der Waals surface area (Å²) in [5.74, 6) is -0.576. The molecule has 2 atom stereocenters. The van der Waals surface area contributed by atoms with Crippen LogP contribution in [0.3, 0.4) is 0 Å². The van der Waals surface area contributed by atoms with Gasteiger partial charge in [0.25, 0.3) is 5.91 Å². The van der Waals surface area contributed by atoms with E-state index in [0.717, 1.165) is 35.8 Å². The van der Waals surface area contributed by atoms with Crippen molar-refractivity contribution in [3.8, 4) is 5.75 Å². The van der Waals surface area contributed by atoms with E-state index in [4.69, 9.17) is 9.15 Å². The van der Waals surface area contributed by atoms with Crippen molar-refractivity contribution in [1.29, 1.82) is 0 Å². The number of aliphatic carboxylic acids is 1. The predicted octanol–water partition coefficient (Wildman–Crippen LogP) is 2.37. The van der Waals surface area contributed by atoms with E-state index < -0.39 is 24.0 Å². The molecule has 0 unspecified atom stereocenters. The summed E-state index contributed by atoms with van der Waals surface area (Å²) in [6.07, 6.45) is 3.85. The zero-order chi connectivity index (χ0) is 20.3. The Labute approximate surface area is 166 Å². The molecule has 0 radical (unpaired) electrons. The molecule has 0 fully saturated rings. The van der Waals surface area contributed by atoms with Crippen molar-refractivity contribution >= 4 is 34.6 Å². The van der Waals surface area contributed by atoms with Crippen LogP contribution in [0.15, 0.2) is 27.4 Å². The SMILES string of the molecule is CSCC[C@@H](NC(=O)[C@H](C)Oc1ccc2c3c(c(=O)oc2c1)CCC3)C(=O)O. The lowest BCUT2D eigenvalue weighted by molar-refractivity contribution is -0.142. The van der Waals surface area contributed by atoms with Gasteiger partial charge in [0, 0.05) is 17.0 Å². The van der Waals surface area contributed by atoms with Crippen LogP contribution in [0.25, 0.3) is 11.0 Å². The van der Waals surface area contributed by atoms with Gasteiger partial charge in [-0.05, 0) is 62.3 Å². The van der Waals surface area contributed by atoms with Gasteiger partial charge in [0.05, 0.1) is 0 Å². The number of rotatable bonds is 8. The van der Waals surface area contributed by atoms with E-state index >= 15 is 0 Å². The summed E-state index contributed by atoms with van der Waals surface area (Å²) in [7, 11) is 0. The van der Waals surface area contributed by atoms with Crippen LogP contribution in [0.4, 0.5) is 0 Å². The van der Waals surface area contributed by atoms with Gasteiger partial charge in [0.2, 0.25) is 0 Å². The Bertz CT molecular complexity index is 954. The number of benzene rings is 1. The number of carboxylic acid groups (broad SMARTS) is 1. The summed E-state index contributed by atoms with van der Waals surface area (Å²) in [5, 5.41) is 12.6. The van der Waals surface area contributed by atoms with Gasteiger partial charge < -0.3 is 19.6 Å². The third kappa shape index (κ3) is 4.32. The molecular weight excluding hydrogens is 382 g/mol. The highest BCUT2D eigenvalue weighted by Crippen LogP contribution is 2.29. The summed E-state index contributed by atoms with van der Waals surface area (Å²) in [6.45, 7) is 1.55. The number of amides is 1. The largest absolute Gasteiger partial charge is 0.481 e. The molecule has 0 aliphatic heterocycles. The molecule has 28 heavy (non-hydrogen) atoms. The number of nitrogens with one attached hydrogen (secondary N) is 1. The molecule has 0 saturated heterocycles. The topological polar surface area (TPSA) is 106 Å². The van der Waals surface area contributed by atoms with E-state index in [9.17, 15) is 19.5 Å². The molecule has 0 bridgehead atoms. The zero-order valence-corrected chi connectivity index (χ0v) is 16.6. The number of fused-ring (bicyclic) bond motifs is 3. The molecule has 150 valence electrons. The van der Waals surface area contributed by atoms with Crippen LogP contribution in [0.5, 0.6) is 5.75 Å². The molecular formula is C20H23NO6S. The van der Waals surface area contributed by atoms with Gasteiger partial charge in [-0.25, -0.2) is 9.59 Å². The quantitative estimate of drug-likeness (QED) is 0.650.